The van der Waals surface area contributed by atoms with Crippen molar-refractivity contribution in [3.05, 3.63) is 70.5 Å². The van der Waals surface area contributed by atoms with Gasteiger partial charge in [-0.1, -0.05) is 12.1 Å². The Bertz CT molecular complexity index is 872. The SMILES string of the molecule is O=C(Nc1ccc(F)cc1)c1nc2ccccc2c(=O)[nH]1. The molecule has 1 aromatic heterocycles. The zero-order chi connectivity index (χ0) is 14.8. The summed E-state index contributed by atoms with van der Waals surface area (Å²) >= 11 is 0. The smallest absolute Gasteiger partial charge is 0.291 e. The second-order valence-corrected chi connectivity index (χ2v) is 4.39. The first kappa shape index (κ1) is 13.0. The van der Waals surface area contributed by atoms with Gasteiger partial charge in [0.2, 0.25) is 0 Å². The molecule has 3 aromatic rings. The number of halogens is 1. The van der Waals surface area contributed by atoms with E-state index in [4.69, 9.17) is 0 Å². The number of carbonyl (C=O) groups excluding carboxylic acids is 1. The van der Waals surface area contributed by atoms with Crippen molar-refractivity contribution in [1.29, 1.82) is 0 Å². The third kappa shape index (κ3) is 2.64. The molecule has 0 spiro atoms. The number of benzene rings is 2. The summed E-state index contributed by atoms with van der Waals surface area (Å²) in [6.07, 6.45) is 0. The predicted octanol–water partition coefficient (Wildman–Crippen LogP) is 2.31. The molecule has 1 heterocycles. The van der Waals surface area contributed by atoms with Crippen LogP contribution in [-0.2, 0) is 0 Å². The minimum atomic E-state index is -0.565. The fourth-order valence-corrected chi connectivity index (χ4v) is 1.92. The average Bonchev–Trinajstić information content (AvgIpc) is 2.49. The van der Waals surface area contributed by atoms with Crippen LogP contribution in [0.4, 0.5) is 10.1 Å². The predicted molar refractivity (Wildman–Crippen MR) is 76.7 cm³/mol. The minimum absolute atomic E-state index is 0.0944. The number of para-hydroxylation sites is 1. The van der Waals surface area contributed by atoms with Crippen LogP contribution in [0, 0.1) is 5.82 Å². The van der Waals surface area contributed by atoms with Crippen LogP contribution in [0.5, 0.6) is 0 Å². The molecule has 2 N–H and O–H groups in total. The van der Waals surface area contributed by atoms with Gasteiger partial charge in [0.15, 0.2) is 5.82 Å². The largest absolute Gasteiger partial charge is 0.319 e. The van der Waals surface area contributed by atoms with Crippen molar-refractivity contribution in [3.63, 3.8) is 0 Å². The number of rotatable bonds is 2. The summed E-state index contributed by atoms with van der Waals surface area (Å²) < 4.78 is 12.8. The van der Waals surface area contributed by atoms with Gasteiger partial charge in [-0.2, -0.15) is 0 Å². The van der Waals surface area contributed by atoms with E-state index < -0.39 is 11.7 Å². The summed E-state index contributed by atoms with van der Waals surface area (Å²) in [5.41, 5.74) is 0.465. The van der Waals surface area contributed by atoms with E-state index in [9.17, 15) is 14.0 Å². The molecule has 0 unspecified atom stereocenters. The van der Waals surface area contributed by atoms with Crippen molar-refractivity contribution in [2.75, 3.05) is 5.32 Å². The lowest BCUT2D eigenvalue weighted by Gasteiger charge is -2.05. The Labute approximate surface area is 118 Å². The van der Waals surface area contributed by atoms with Crippen molar-refractivity contribution in [1.82, 2.24) is 9.97 Å². The Morgan fingerprint density at radius 2 is 1.81 bits per heavy atom. The number of anilines is 1. The number of aromatic nitrogens is 2. The highest BCUT2D eigenvalue weighted by Crippen LogP contribution is 2.10. The molecule has 0 aliphatic heterocycles. The lowest BCUT2D eigenvalue weighted by atomic mass is 10.2. The fraction of sp³-hybridized carbons (Fsp3) is 0. The zero-order valence-corrected chi connectivity index (χ0v) is 10.8. The van der Waals surface area contributed by atoms with Crippen LogP contribution >= 0.6 is 0 Å². The Morgan fingerprint density at radius 3 is 2.57 bits per heavy atom. The third-order valence-corrected chi connectivity index (χ3v) is 2.93. The Balaban J connectivity index is 1.94. The van der Waals surface area contributed by atoms with Crippen LogP contribution in [0.15, 0.2) is 53.3 Å². The quantitative estimate of drug-likeness (QED) is 0.758. The number of nitrogens with zero attached hydrogens (tertiary/aromatic N) is 1. The summed E-state index contributed by atoms with van der Waals surface area (Å²) in [5, 5.41) is 2.95. The van der Waals surface area contributed by atoms with Gasteiger partial charge in [-0.3, -0.25) is 9.59 Å². The summed E-state index contributed by atoms with van der Waals surface area (Å²) in [7, 11) is 0. The van der Waals surface area contributed by atoms with Crippen molar-refractivity contribution >= 4 is 22.5 Å². The van der Waals surface area contributed by atoms with Crippen molar-refractivity contribution in [2.24, 2.45) is 0 Å². The van der Waals surface area contributed by atoms with E-state index in [0.717, 1.165) is 0 Å². The third-order valence-electron chi connectivity index (χ3n) is 2.93. The molecule has 5 nitrogen and oxygen atoms in total. The highest BCUT2D eigenvalue weighted by atomic mass is 19.1. The molecule has 0 radical (unpaired) electrons. The molecule has 21 heavy (non-hydrogen) atoms. The fourth-order valence-electron chi connectivity index (χ4n) is 1.92. The second kappa shape index (κ2) is 5.16. The van der Waals surface area contributed by atoms with Crippen LogP contribution in [0.3, 0.4) is 0 Å². The highest BCUT2D eigenvalue weighted by molar-refractivity contribution is 6.02. The lowest BCUT2D eigenvalue weighted by molar-refractivity contribution is 0.101. The molecule has 6 heteroatoms. The van der Waals surface area contributed by atoms with Gasteiger partial charge in [0, 0.05) is 5.69 Å². The van der Waals surface area contributed by atoms with E-state index in [1.54, 1.807) is 24.3 Å². The number of fused-ring (bicyclic) bond motifs is 1. The molecule has 2 aromatic carbocycles. The zero-order valence-electron chi connectivity index (χ0n) is 10.8. The van der Waals surface area contributed by atoms with E-state index >= 15 is 0 Å². The monoisotopic (exact) mass is 283 g/mol. The lowest BCUT2D eigenvalue weighted by Crippen LogP contribution is -2.21. The molecule has 0 aliphatic carbocycles. The van der Waals surface area contributed by atoms with Crippen LogP contribution in [0.2, 0.25) is 0 Å². The summed E-state index contributed by atoms with van der Waals surface area (Å²) in [6, 6.07) is 12.0. The molecule has 0 saturated carbocycles. The molecule has 104 valence electrons. The standard InChI is InChI=1S/C15H10FN3O2/c16-9-5-7-10(8-6-9)17-15(21)13-18-12-4-2-1-3-11(12)14(20)19-13/h1-8H,(H,17,21)(H,18,19,20). The number of nitrogens with one attached hydrogen (secondary N) is 2. The van der Waals surface area contributed by atoms with Crippen LogP contribution in [0.1, 0.15) is 10.6 Å². The molecule has 0 saturated heterocycles. The molecular formula is C15H10FN3O2. The molecule has 3 rings (SSSR count). The number of hydrogen-bond donors (Lipinski definition) is 2. The van der Waals surface area contributed by atoms with Crippen molar-refractivity contribution in [3.8, 4) is 0 Å². The number of carbonyl (C=O) groups is 1. The Morgan fingerprint density at radius 1 is 1.10 bits per heavy atom. The van der Waals surface area contributed by atoms with Gasteiger partial charge in [0.1, 0.15) is 5.82 Å². The average molecular weight is 283 g/mol. The summed E-state index contributed by atoms with van der Waals surface area (Å²) in [4.78, 5) is 30.5. The first-order valence-corrected chi connectivity index (χ1v) is 6.19. The summed E-state index contributed by atoms with van der Waals surface area (Å²) in [5.74, 6) is -1.06. The van der Waals surface area contributed by atoms with Gasteiger partial charge in [0.05, 0.1) is 10.9 Å². The molecule has 1 amide bonds. The second-order valence-electron chi connectivity index (χ2n) is 4.39. The molecule has 0 bridgehead atoms. The topological polar surface area (TPSA) is 74.8 Å². The number of H-pyrrole nitrogens is 1. The van der Waals surface area contributed by atoms with Crippen LogP contribution < -0.4 is 10.9 Å². The van der Waals surface area contributed by atoms with E-state index in [1.165, 1.54) is 24.3 Å². The van der Waals surface area contributed by atoms with Crippen LogP contribution in [-0.4, -0.2) is 15.9 Å². The Hall–Kier alpha value is -3.02. The van der Waals surface area contributed by atoms with E-state index in [2.05, 4.69) is 15.3 Å². The van der Waals surface area contributed by atoms with Gasteiger partial charge in [-0.15, -0.1) is 0 Å². The van der Waals surface area contributed by atoms with Gasteiger partial charge in [-0.05, 0) is 36.4 Å². The number of aromatic amines is 1. The molecule has 0 aliphatic rings. The maximum absolute atomic E-state index is 12.8. The molecule has 0 atom stereocenters. The van der Waals surface area contributed by atoms with Crippen molar-refractivity contribution in [2.45, 2.75) is 0 Å². The maximum atomic E-state index is 12.8. The van der Waals surface area contributed by atoms with E-state index in [-0.39, 0.29) is 11.4 Å². The number of hydrogen-bond acceptors (Lipinski definition) is 3. The van der Waals surface area contributed by atoms with Crippen LogP contribution in [0.25, 0.3) is 10.9 Å². The summed E-state index contributed by atoms with van der Waals surface area (Å²) in [6.45, 7) is 0. The highest BCUT2D eigenvalue weighted by Gasteiger charge is 2.11. The minimum Gasteiger partial charge on any atom is -0.319 e. The Kier molecular flexibility index (Phi) is 3.19. The van der Waals surface area contributed by atoms with E-state index in [0.29, 0.717) is 16.6 Å². The van der Waals surface area contributed by atoms with Gasteiger partial charge in [-0.25, -0.2) is 9.37 Å². The van der Waals surface area contributed by atoms with Crippen molar-refractivity contribution < 1.29 is 9.18 Å². The van der Waals surface area contributed by atoms with Gasteiger partial charge < -0.3 is 10.3 Å². The van der Waals surface area contributed by atoms with Gasteiger partial charge >= 0.3 is 0 Å². The first-order chi connectivity index (χ1) is 10.1. The normalized spacial score (nSPS) is 10.5. The maximum Gasteiger partial charge on any atom is 0.291 e. The first-order valence-electron chi connectivity index (χ1n) is 6.19. The number of amides is 1. The molecule has 0 fully saturated rings. The molecular weight excluding hydrogens is 273 g/mol. The van der Waals surface area contributed by atoms with Gasteiger partial charge in [0.25, 0.3) is 11.5 Å². The van der Waals surface area contributed by atoms with E-state index in [1.807, 2.05) is 0 Å².